The Hall–Kier alpha value is -1.57. The molecule has 2 rings (SSSR count). The summed E-state index contributed by atoms with van der Waals surface area (Å²) < 4.78 is 0. The zero-order valence-corrected chi connectivity index (χ0v) is 15.9. The average Bonchev–Trinajstić information content (AvgIpc) is 3.10. The first-order chi connectivity index (χ1) is 12.4. The average molecular weight is 360 g/mol. The Labute approximate surface area is 157 Å². The molecule has 144 valence electrons. The minimum absolute atomic E-state index is 0.0845. The van der Waals surface area contributed by atoms with Crippen molar-refractivity contribution in [3.63, 3.8) is 0 Å². The number of hydrogen-bond acceptors (Lipinski definition) is 3. The molecule has 0 heterocycles. The van der Waals surface area contributed by atoms with E-state index in [0.29, 0.717) is 24.7 Å². The number of rotatable bonds is 8. The van der Waals surface area contributed by atoms with Crippen LogP contribution in [0, 0.1) is 35.5 Å². The largest absolute Gasteiger partial charge is 0.481 e. The third-order valence-electron chi connectivity index (χ3n) is 5.85. The quantitative estimate of drug-likeness (QED) is 0.351. The van der Waals surface area contributed by atoms with E-state index in [1.54, 1.807) is 6.92 Å². The summed E-state index contributed by atoms with van der Waals surface area (Å²) in [6, 6.07) is 0. The maximum atomic E-state index is 10.6. The summed E-state index contributed by atoms with van der Waals surface area (Å²) in [5, 5.41) is 29.4. The molecule has 2 aliphatic rings. The number of fused-ring (bicyclic) bond motifs is 1. The van der Waals surface area contributed by atoms with Crippen molar-refractivity contribution in [3.8, 4) is 11.8 Å². The van der Waals surface area contributed by atoms with Gasteiger partial charge in [0, 0.05) is 18.8 Å². The highest BCUT2D eigenvalue weighted by Gasteiger charge is 2.44. The van der Waals surface area contributed by atoms with Crippen LogP contribution in [-0.4, -0.2) is 33.5 Å². The number of hydrogen-bond donors (Lipinski definition) is 3. The molecule has 0 aromatic rings. The lowest BCUT2D eigenvalue weighted by Gasteiger charge is -2.19. The van der Waals surface area contributed by atoms with E-state index in [2.05, 4.69) is 17.9 Å². The van der Waals surface area contributed by atoms with Gasteiger partial charge in [-0.1, -0.05) is 30.7 Å². The zero-order chi connectivity index (χ0) is 19.1. The van der Waals surface area contributed by atoms with Crippen LogP contribution in [-0.2, 0) is 4.79 Å². The molecule has 2 fully saturated rings. The Balaban J connectivity index is 1.89. The van der Waals surface area contributed by atoms with E-state index in [1.165, 1.54) is 5.57 Å². The van der Waals surface area contributed by atoms with Crippen LogP contribution in [0.25, 0.3) is 0 Å². The molecular formula is C22H32O4. The second kappa shape index (κ2) is 9.94. The van der Waals surface area contributed by atoms with Gasteiger partial charge in [-0.2, -0.15) is 0 Å². The first kappa shape index (κ1) is 20.7. The van der Waals surface area contributed by atoms with Crippen molar-refractivity contribution in [2.24, 2.45) is 23.7 Å². The first-order valence-corrected chi connectivity index (χ1v) is 9.76. The van der Waals surface area contributed by atoms with E-state index in [-0.39, 0.29) is 24.4 Å². The minimum atomic E-state index is -0.738. The number of aliphatic carboxylic acids is 1. The van der Waals surface area contributed by atoms with E-state index in [4.69, 9.17) is 5.11 Å². The maximum absolute atomic E-state index is 10.6. The van der Waals surface area contributed by atoms with E-state index in [0.717, 1.165) is 25.7 Å². The molecular weight excluding hydrogens is 328 g/mol. The molecule has 0 radical (unpaired) electrons. The summed E-state index contributed by atoms with van der Waals surface area (Å²) in [7, 11) is 0. The number of aliphatic hydroxyl groups is 2. The van der Waals surface area contributed by atoms with Crippen LogP contribution in [0.4, 0.5) is 0 Å². The Morgan fingerprint density at radius 2 is 2.15 bits per heavy atom. The summed E-state index contributed by atoms with van der Waals surface area (Å²) in [5.41, 5.74) is 1.41. The van der Waals surface area contributed by atoms with Gasteiger partial charge in [0.2, 0.25) is 0 Å². The standard InChI is InChI=1S/C22H32O4/c1-3-4-7-15(2)20(23)11-10-18-19-13-16(8-5-6-9-22(25)26)12-17(19)14-21(18)24/h8,10-11,15,17-21,23-24H,5-7,9,12-14H2,1-2H3,(H,25,26)/b11-10+,16-8-/t15-,17-,18+,19-,20+,21+/m1/s1. The molecule has 3 N–H and O–H groups in total. The fourth-order valence-electron chi connectivity index (χ4n) is 4.31. The molecule has 0 aliphatic heterocycles. The first-order valence-electron chi connectivity index (χ1n) is 9.76. The van der Waals surface area contributed by atoms with Gasteiger partial charge >= 0.3 is 5.97 Å². The fourth-order valence-corrected chi connectivity index (χ4v) is 4.31. The van der Waals surface area contributed by atoms with Gasteiger partial charge in [0.1, 0.15) is 0 Å². The van der Waals surface area contributed by atoms with Crippen molar-refractivity contribution in [1.29, 1.82) is 0 Å². The minimum Gasteiger partial charge on any atom is -0.481 e. The predicted octanol–water partition coefficient (Wildman–Crippen LogP) is 3.54. The molecule has 6 atom stereocenters. The van der Waals surface area contributed by atoms with Crippen LogP contribution >= 0.6 is 0 Å². The summed E-state index contributed by atoms with van der Waals surface area (Å²) in [5.74, 6) is 6.25. The molecule has 2 saturated carbocycles. The number of carboxylic acid groups (broad SMARTS) is 1. The van der Waals surface area contributed by atoms with Gasteiger partial charge in [0.25, 0.3) is 0 Å². The number of carbonyl (C=O) groups is 1. The number of unbranched alkanes of at least 4 members (excludes halogenated alkanes) is 1. The SMILES string of the molecule is CC#CC[C@@H](C)[C@@H](O)/C=C/[C@H]1[C@@H]2C/C(=C\CCCC(=O)O)C[C@@H]2C[C@@H]1O. The lowest BCUT2D eigenvalue weighted by atomic mass is 9.89. The summed E-state index contributed by atoms with van der Waals surface area (Å²) in [6.45, 7) is 3.79. The lowest BCUT2D eigenvalue weighted by molar-refractivity contribution is -0.137. The van der Waals surface area contributed by atoms with Crippen LogP contribution in [0.15, 0.2) is 23.8 Å². The summed E-state index contributed by atoms with van der Waals surface area (Å²) in [4.78, 5) is 10.6. The number of aliphatic hydroxyl groups excluding tert-OH is 2. The van der Waals surface area contributed by atoms with Gasteiger partial charge in [-0.15, -0.1) is 11.8 Å². The summed E-state index contributed by atoms with van der Waals surface area (Å²) >= 11 is 0. The third-order valence-corrected chi connectivity index (χ3v) is 5.85. The van der Waals surface area contributed by atoms with Gasteiger partial charge in [0.15, 0.2) is 0 Å². The summed E-state index contributed by atoms with van der Waals surface area (Å²) in [6.07, 6.45) is 10.4. The zero-order valence-electron chi connectivity index (χ0n) is 15.9. The van der Waals surface area contributed by atoms with Crippen LogP contribution < -0.4 is 0 Å². The normalized spacial score (nSPS) is 31.6. The van der Waals surface area contributed by atoms with Crippen molar-refractivity contribution >= 4 is 5.97 Å². The highest BCUT2D eigenvalue weighted by Crippen LogP contribution is 2.50. The lowest BCUT2D eigenvalue weighted by Crippen LogP contribution is -2.19. The molecule has 0 aromatic carbocycles. The Morgan fingerprint density at radius 1 is 1.38 bits per heavy atom. The van der Waals surface area contributed by atoms with Crippen LogP contribution in [0.3, 0.4) is 0 Å². The molecule has 0 amide bonds. The van der Waals surface area contributed by atoms with Gasteiger partial charge < -0.3 is 15.3 Å². The molecule has 4 heteroatoms. The van der Waals surface area contributed by atoms with E-state index >= 15 is 0 Å². The topological polar surface area (TPSA) is 77.8 Å². The predicted molar refractivity (Wildman–Crippen MR) is 102 cm³/mol. The molecule has 0 aromatic heterocycles. The second-order valence-corrected chi connectivity index (χ2v) is 7.84. The number of allylic oxidation sites excluding steroid dienone is 2. The van der Waals surface area contributed by atoms with Crippen molar-refractivity contribution in [1.82, 2.24) is 0 Å². The van der Waals surface area contributed by atoms with E-state index in [9.17, 15) is 15.0 Å². The Kier molecular flexibility index (Phi) is 7.93. The Bertz CT molecular complexity index is 595. The second-order valence-electron chi connectivity index (χ2n) is 7.84. The van der Waals surface area contributed by atoms with Gasteiger partial charge in [-0.25, -0.2) is 0 Å². The fraction of sp³-hybridized carbons (Fsp3) is 0.682. The van der Waals surface area contributed by atoms with Crippen molar-refractivity contribution in [2.45, 2.75) is 71.0 Å². The molecule has 0 unspecified atom stereocenters. The van der Waals surface area contributed by atoms with Crippen molar-refractivity contribution < 1.29 is 20.1 Å². The molecule has 0 saturated heterocycles. The molecule has 26 heavy (non-hydrogen) atoms. The van der Waals surface area contributed by atoms with Gasteiger partial charge in [-0.3, -0.25) is 4.79 Å². The monoisotopic (exact) mass is 360 g/mol. The molecule has 0 spiro atoms. The van der Waals surface area contributed by atoms with Crippen LogP contribution in [0.2, 0.25) is 0 Å². The van der Waals surface area contributed by atoms with Crippen molar-refractivity contribution in [2.75, 3.05) is 0 Å². The molecule has 0 bridgehead atoms. The van der Waals surface area contributed by atoms with Gasteiger partial charge in [0.05, 0.1) is 12.2 Å². The number of carboxylic acids is 1. The van der Waals surface area contributed by atoms with Crippen LogP contribution in [0.1, 0.15) is 58.8 Å². The van der Waals surface area contributed by atoms with Crippen LogP contribution in [0.5, 0.6) is 0 Å². The highest BCUT2D eigenvalue weighted by molar-refractivity contribution is 5.66. The maximum Gasteiger partial charge on any atom is 0.303 e. The van der Waals surface area contributed by atoms with E-state index < -0.39 is 12.1 Å². The smallest absolute Gasteiger partial charge is 0.303 e. The van der Waals surface area contributed by atoms with E-state index in [1.807, 2.05) is 19.1 Å². The third kappa shape index (κ3) is 5.72. The van der Waals surface area contributed by atoms with Crippen molar-refractivity contribution in [3.05, 3.63) is 23.8 Å². The molecule has 4 nitrogen and oxygen atoms in total. The van der Waals surface area contributed by atoms with Gasteiger partial charge in [-0.05, 0) is 56.8 Å². The Morgan fingerprint density at radius 3 is 2.85 bits per heavy atom. The highest BCUT2D eigenvalue weighted by atomic mass is 16.4. The molecule has 2 aliphatic carbocycles.